The summed E-state index contributed by atoms with van der Waals surface area (Å²) in [5, 5.41) is 4.00. The Hall–Kier alpha value is -1.63. The maximum absolute atomic E-state index is 11.7. The molecular formula is C14H24N4O3. The normalized spacial score (nSPS) is 18.0. The molecule has 1 unspecified atom stereocenters. The summed E-state index contributed by atoms with van der Waals surface area (Å²) < 4.78 is 10.4. The Balaban J connectivity index is 1.90. The number of hydrogen-bond acceptors (Lipinski definition) is 6. The Morgan fingerprint density at radius 3 is 2.48 bits per heavy atom. The number of aromatic nitrogens is 2. The predicted molar refractivity (Wildman–Crippen MR) is 77.0 cm³/mol. The molecule has 1 aliphatic heterocycles. The average molecular weight is 296 g/mol. The zero-order chi connectivity index (χ0) is 15.4. The van der Waals surface area contributed by atoms with Crippen molar-refractivity contribution in [3.05, 3.63) is 11.7 Å². The topological polar surface area (TPSA) is 71.7 Å². The number of piperazine rings is 1. The first-order chi connectivity index (χ1) is 10.0. The van der Waals surface area contributed by atoms with Crippen LogP contribution in [0.3, 0.4) is 0 Å². The lowest BCUT2D eigenvalue weighted by Gasteiger charge is -2.36. The molecule has 0 bridgehead atoms. The molecule has 0 spiro atoms. The summed E-state index contributed by atoms with van der Waals surface area (Å²) in [7, 11) is 0. The molecule has 1 aromatic heterocycles. The molecule has 1 amide bonds. The highest BCUT2D eigenvalue weighted by molar-refractivity contribution is 5.67. The quantitative estimate of drug-likeness (QED) is 0.846. The van der Waals surface area contributed by atoms with Gasteiger partial charge in [-0.2, -0.15) is 4.98 Å². The lowest BCUT2D eigenvalue weighted by Crippen LogP contribution is -2.49. The van der Waals surface area contributed by atoms with Crippen LogP contribution in [0.15, 0.2) is 4.52 Å². The maximum atomic E-state index is 11.7. The minimum absolute atomic E-state index is 0.0642. The number of rotatable bonds is 4. The van der Waals surface area contributed by atoms with Crippen LogP contribution in [0, 0.1) is 0 Å². The summed E-state index contributed by atoms with van der Waals surface area (Å²) in [4.78, 5) is 20.1. The van der Waals surface area contributed by atoms with Crippen LogP contribution in [0.1, 0.15) is 51.4 Å². The van der Waals surface area contributed by atoms with E-state index >= 15 is 0 Å². The lowest BCUT2D eigenvalue weighted by atomic mass is 10.2. The third-order valence-electron chi connectivity index (χ3n) is 3.72. The van der Waals surface area contributed by atoms with E-state index in [2.05, 4.69) is 22.0 Å². The molecule has 0 N–H and O–H groups in total. The molecule has 7 nitrogen and oxygen atoms in total. The highest BCUT2D eigenvalue weighted by Gasteiger charge is 2.28. The SMILES string of the molecule is CCOC(=O)N1CCN(C(C)c2nc(C(C)C)no2)CC1. The molecule has 1 aliphatic rings. The van der Waals surface area contributed by atoms with Gasteiger partial charge < -0.3 is 14.2 Å². The zero-order valence-electron chi connectivity index (χ0n) is 13.2. The molecule has 1 aromatic rings. The van der Waals surface area contributed by atoms with Gasteiger partial charge in [-0.25, -0.2) is 4.79 Å². The van der Waals surface area contributed by atoms with E-state index in [1.807, 2.05) is 20.8 Å². The van der Waals surface area contributed by atoms with Crippen molar-refractivity contribution < 1.29 is 14.1 Å². The van der Waals surface area contributed by atoms with Crippen LogP contribution in [0.4, 0.5) is 4.79 Å². The van der Waals surface area contributed by atoms with Crippen molar-refractivity contribution in [1.82, 2.24) is 19.9 Å². The Morgan fingerprint density at radius 2 is 1.95 bits per heavy atom. The molecule has 1 saturated heterocycles. The molecule has 0 aliphatic carbocycles. The van der Waals surface area contributed by atoms with E-state index in [-0.39, 0.29) is 18.1 Å². The summed E-state index contributed by atoms with van der Waals surface area (Å²) >= 11 is 0. The van der Waals surface area contributed by atoms with Crippen molar-refractivity contribution in [2.24, 2.45) is 0 Å². The second kappa shape index (κ2) is 6.89. The highest BCUT2D eigenvalue weighted by Crippen LogP contribution is 2.22. The van der Waals surface area contributed by atoms with Crippen molar-refractivity contribution >= 4 is 6.09 Å². The first kappa shape index (κ1) is 15.8. The summed E-state index contributed by atoms with van der Waals surface area (Å²) in [5.74, 6) is 1.64. The first-order valence-corrected chi connectivity index (χ1v) is 7.52. The van der Waals surface area contributed by atoms with Gasteiger partial charge in [0.05, 0.1) is 12.6 Å². The minimum atomic E-state index is -0.232. The Morgan fingerprint density at radius 1 is 1.29 bits per heavy atom. The summed E-state index contributed by atoms with van der Waals surface area (Å²) in [6.07, 6.45) is -0.232. The van der Waals surface area contributed by atoms with Gasteiger partial charge in [-0.1, -0.05) is 19.0 Å². The Kier molecular flexibility index (Phi) is 5.17. The monoisotopic (exact) mass is 296 g/mol. The number of nitrogens with zero attached hydrogens (tertiary/aromatic N) is 4. The minimum Gasteiger partial charge on any atom is -0.450 e. The highest BCUT2D eigenvalue weighted by atomic mass is 16.6. The van der Waals surface area contributed by atoms with E-state index in [4.69, 9.17) is 9.26 Å². The first-order valence-electron chi connectivity index (χ1n) is 7.52. The Labute approximate surface area is 125 Å². The molecule has 1 fully saturated rings. The van der Waals surface area contributed by atoms with Crippen molar-refractivity contribution in [1.29, 1.82) is 0 Å². The number of carbonyl (C=O) groups is 1. The van der Waals surface area contributed by atoms with E-state index in [1.54, 1.807) is 4.90 Å². The van der Waals surface area contributed by atoms with Gasteiger partial charge in [-0.15, -0.1) is 0 Å². The van der Waals surface area contributed by atoms with Gasteiger partial charge in [0.1, 0.15) is 0 Å². The van der Waals surface area contributed by atoms with E-state index < -0.39 is 0 Å². The third kappa shape index (κ3) is 3.72. The van der Waals surface area contributed by atoms with E-state index in [1.165, 1.54) is 0 Å². The van der Waals surface area contributed by atoms with Gasteiger partial charge in [-0.3, -0.25) is 4.90 Å². The fraction of sp³-hybridized carbons (Fsp3) is 0.786. The third-order valence-corrected chi connectivity index (χ3v) is 3.72. The van der Waals surface area contributed by atoms with E-state index in [9.17, 15) is 4.79 Å². The van der Waals surface area contributed by atoms with Crippen molar-refractivity contribution in [3.63, 3.8) is 0 Å². The van der Waals surface area contributed by atoms with Gasteiger partial charge in [0, 0.05) is 32.1 Å². The molecule has 2 rings (SSSR count). The number of ether oxygens (including phenoxy) is 1. The van der Waals surface area contributed by atoms with Gasteiger partial charge >= 0.3 is 6.09 Å². The summed E-state index contributed by atoms with van der Waals surface area (Å²) in [6.45, 7) is 11.2. The van der Waals surface area contributed by atoms with Gasteiger partial charge in [0.25, 0.3) is 0 Å². The fourth-order valence-corrected chi connectivity index (χ4v) is 2.31. The van der Waals surface area contributed by atoms with Crippen molar-refractivity contribution in [3.8, 4) is 0 Å². The maximum Gasteiger partial charge on any atom is 0.409 e. The lowest BCUT2D eigenvalue weighted by molar-refractivity contribution is 0.0629. The molecule has 0 radical (unpaired) electrons. The molecule has 7 heteroatoms. The van der Waals surface area contributed by atoms with Gasteiger partial charge in [-0.05, 0) is 13.8 Å². The number of amides is 1. The smallest absolute Gasteiger partial charge is 0.409 e. The molecule has 2 heterocycles. The summed E-state index contributed by atoms with van der Waals surface area (Å²) in [5.41, 5.74) is 0. The van der Waals surface area contributed by atoms with Crippen LogP contribution < -0.4 is 0 Å². The number of carbonyl (C=O) groups excluding carboxylic acids is 1. The molecule has 118 valence electrons. The molecule has 0 aromatic carbocycles. The molecule has 0 saturated carbocycles. The second-order valence-electron chi connectivity index (χ2n) is 5.54. The largest absolute Gasteiger partial charge is 0.450 e. The van der Waals surface area contributed by atoms with Gasteiger partial charge in [0.2, 0.25) is 5.89 Å². The number of hydrogen-bond donors (Lipinski definition) is 0. The molecule has 1 atom stereocenters. The van der Waals surface area contributed by atoms with E-state index in [0.717, 1.165) is 18.9 Å². The molecular weight excluding hydrogens is 272 g/mol. The fourth-order valence-electron chi connectivity index (χ4n) is 2.31. The standard InChI is InChI=1S/C14H24N4O3/c1-5-20-14(19)18-8-6-17(7-9-18)11(4)13-15-12(10(2)3)16-21-13/h10-11H,5-9H2,1-4H3. The van der Waals surface area contributed by atoms with Crippen LogP contribution >= 0.6 is 0 Å². The van der Waals surface area contributed by atoms with Crippen LogP contribution in [0.5, 0.6) is 0 Å². The second-order valence-corrected chi connectivity index (χ2v) is 5.54. The van der Waals surface area contributed by atoms with Crippen molar-refractivity contribution in [2.75, 3.05) is 32.8 Å². The van der Waals surface area contributed by atoms with Crippen molar-refractivity contribution in [2.45, 2.75) is 39.7 Å². The van der Waals surface area contributed by atoms with Crippen LogP contribution in [0.25, 0.3) is 0 Å². The van der Waals surface area contributed by atoms with E-state index in [0.29, 0.717) is 25.6 Å². The zero-order valence-corrected chi connectivity index (χ0v) is 13.2. The molecule has 21 heavy (non-hydrogen) atoms. The average Bonchev–Trinajstić information content (AvgIpc) is 2.97. The predicted octanol–water partition coefficient (Wildman–Crippen LogP) is 2.03. The summed E-state index contributed by atoms with van der Waals surface area (Å²) in [6, 6.07) is 0.0642. The van der Waals surface area contributed by atoms with Crippen LogP contribution in [0.2, 0.25) is 0 Å². The van der Waals surface area contributed by atoms with Gasteiger partial charge in [0.15, 0.2) is 5.82 Å². The van der Waals surface area contributed by atoms with Crippen LogP contribution in [-0.4, -0.2) is 58.8 Å². The Bertz CT molecular complexity index is 467. The van der Waals surface area contributed by atoms with Crippen LogP contribution in [-0.2, 0) is 4.74 Å².